The van der Waals surface area contributed by atoms with Gasteiger partial charge in [-0.15, -0.1) is 11.8 Å². The molecule has 108 valence electrons. The van der Waals surface area contributed by atoms with E-state index in [1.54, 1.807) is 12.3 Å². The largest absolute Gasteiger partial charge is 0.477 e. The number of carbonyl (C=O) groups is 2. The lowest BCUT2D eigenvalue weighted by atomic mass is 10.0. The number of amides is 1. The minimum atomic E-state index is -1.09. The third kappa shape index (κ3) is 1.82. The predicted octanol–water partition coefficient (Wildman–Crippen LogP) is 1.85. The van der Waals surface area contributed by atoms with E-state index in [1.807, 2.05) is 24.3 Å². The number of hydrogen-bond donors (Lipinski definition) is 1. The first-order valence-electron chi connectivity index (χ1n) is 6.51. The number of β-lactam (4-membered cyclic amide) rings is 1. The summed E-state index contributed by atoms with van der Waals surface area (Å²) in [5, 5.41) is 10.3. The third-order valence-electron chi connectivity index (χ3n) is 3.52. The Morgan fingerprint density at radius 3 is 2.86 bits per heavy atom. The molecule has 2 aliphatic heterocycles. The van der Waals surface area contributed by atoms with Crippen molar-refractivity contribution in [3.8, 4) is 0 Å². The van der Waals surface area contributed by atoms with E-state index in [9.17, 15) is 9.59 Å². The van der Waals surface area contributed by atoms with Crippen LogP contribution in [0.25, 0.3) is 17.1 Å². The molecule has 1 N–H and O–H groups in total. The standard InChI is InChI=1S/C15H9N3O3S/c19-13-9(14-18(13)12(7-22-14)15(20)21)5-8-6-16-10-3-1-2-4-11(10)17-8/h1-7,14H,(H,20,21)/b9-5-. The zero-order valence-corrected chi connectivity index (χ0v) is 11.9. The number of carboxylic acid groups (broad SMARTS) is 1. The van der Waals surface area contributed by atoms with E-state index in [1.165, 1.54) is 22.1 Å². The number of aromatic nitrogens is 2. The summed E-state index contributed by atoms with van der Waals surface area (Å²) in [5.74, 6) is -1.38. The Morgan fingerprint density at radius 2 is 2.09 bits per heavy atom. The Hall–Kier alpha value is -2.67. The second kappa shape index (κ2) is 4.67. The van der Waals surface area contributed by atoms with Crippen molar-refractivity contribution in [1.29, 1.82) is 0 Å². The van der Waals surface area contributed by atoms with Crippen molar-refractivity contribution in [2.24, 2.45) is 0 Å². The molecule has 0 aliphatic carbocycles. The molecule has 0 bridgehead atoms. The van der Waals surface area contributed by atoms with Crippen molar-refractivity contribution in [2.45, 2.75) is 5.37 Å². The molecule has 2 aliphatic rings. The van der Waals surface area contributed by atoms with Gasteiger partial charge in [-0.05, 0) is 18.2 Å². The van der Waals surface area contributed by atoms with Crippen molar-refractivity contribution < 1.29 is 14.7 Å². The molecule has 1 amide bonds. The van der Waals surface area contributed by atoms with Gasteiger partial charge in [-0.2, -0.15) is 0 Å². The average Bonchev–Trinajstić information content (AvgIpc) is 2.93. The zero-order valence-electron chi connectivity index (χ0n) is 11.1. The van der Waals surface area contributed by atoms with Gasteiger partial charge in [0, 0.05) is 5.41 Å². The molecule has 1 atom stereocenters. The molecule has 1 aromatic heterocycles. The van der Waals surface area contributed by atoms with E-state index in [-0.39, 0.29) is 17.0 Å². The van der Waals surface area contributed by atoms with Gasteiger partial charge in [0.15, 0.2) is 0 Å². The number of nitrogens with zero attached hydrogens (tertiary/aromatic N) is 3. The first kappa shape index (κ1) is 13.0. The lowest BCUT2D eigenvalue weighted by Crippen LogP contribution is -2.51. The zero-order chi connectivity index (χ0) is 15.3. The van der Waals surface area contributed by atoms with Crippen molar-refractivity contribution in [2.75, 3.05) is 0 Å². The van der Waals surface area contributed by atoms with E-state index in [2.05, 4.69) is 9.97 Å². The van der Waals surface area contributed by atoms with Gasteiger partial charge in [-0.3, -0.25) is 14.7 Å². The van der Waals surface area contributed by atoms with Gasteiger partial charge in [0.25, 0.3) is 5.91 Å². The SMILES string of the molecule is O=C(O)C1=CSC2/C(=C\c3cnc4ccccc4n3)C(=O)N12. The summed E-state index contributed by atoms with van der Waals surface area (Å²) < 4.78 is 0. The number of fused-ring (bicyclic) bond motifs is 2. The van der Waals surface area contributed by atoms with Crippen LogP contribution in [0.3, 0.4) is 0 Å². The Balaban J connectivity index is 1.67. The van der Waals surface area contributed by atoms with Crippen LogP contribution in [0.1, 0.15) is 5.69 Å². The van der Waals surface area contributed by atoms with E-state index < -0.39 is 5.97 Å². The fourth-order valence-electron chi connectivity index (χ4n) is 2.47. The molecule has 1 fully saturated rings. The molecule has 0 radical (unpaired) electrons. The summed E-state index contributed by atoms with van der Waals surface area (Å²) in [4.78, 5) is 33.2. The number of rotatable bonds is 2. The van der Waals surface area contributed by atoms with Crippen molar-refractivity contribution in [1.82, 2.24) is 14.9 Å². The van der Waals surface area contributed by atoms with Crippen LogP contribution in [0.4, 0.5) is 0 Å². The molecule has 6 nitrogen and oxygen atoms in total. The van der Waals surface area contributed by atoms with Crippen molar-refractivity contribution in [3.63, 3.8) is 0 Å². The van der Waals surface area contributed by atoms with Crippen LogP contribution in [0.15, 0.2) is 47.1 Å². The highest BCUT2D eigenvalue weighted by atomic mass is 32.2. The minimum Gasteiger partial charge on any atom is -0.477 e. The van der Waals surface area contributed by atoms with Gasteiger partial charge in [-0.25, -0.2) is 9.78 Å². The highest BCUT2D eigenvalue weighted by Gasteiger charge is 2.49. The Morgan fingerprint density at radius 1 is 1.32 bits per heavy atom. The molecule has 1 aromatic carbocycles. The fourth-order valence-corrected chi connectivity index (χ4v) is 3.59. The van der Waals surface area contributed by atoms with Gasteiger partial charge in [0.05, 0.1) is 28.5 Å². The maximum Gasteiger partial charge on any atom is 0.353 e. The Kier molecular flexibility index (Phi) is 2.77. The van der Waals surface area contributed by atoms with Crippen molar-refractivity contribution >= 4 is 40.7 Å². The van der Waals surface area contributed by atoms with E-state index >= 15 is 0 Å². The summed E-state index contributed by atoms with van der Waals surface area (Å²) in [6, 6.07) is 7.48. The molecular weight excluding hydrogens is 302 g/mol. The van der Waals surface area contributed by atoms with Gasteiger partial charge in [-0.1, -0.05) is 12.1 Å². The van der Waals surface area contributed by atoms with Crippen LogP contribution in [0, 0.1) is 0 Å². The summed E-state index contributed by atoms with van der Waals surface area (Å²) in [7, 11) is 0. The summed E-state index contributed by atoms with van der Waals surface area (Å²) >= 11 is 1.31. The number of thioether (sulfide) groups is 1. The van der Waals surface area contributed by atoms with Gasteiger partial charge in [0.1, 0.15) is 11.1 Å². The average molecular weight is 311 g/mol. The first-order valence-corrected chi connectivity index (χ1v) is 7.45. The number of benzene rings is 1. The number of para-hydroxylation sites is 2. The smallest absolute Gasteiger partial charge is 0.353 e. The van der Waals surface area contributed by atoms with Gasteiger partial charge in [0.2, 0.25) is 0 Å². The quantitative estimate of drug-likeness (QED) is 0.673. The molecule has 0 saturated carbocycles. The second-order valence-electron chi connectivity index (χ2n) is 4.86. The maximum absolute atomic E-state index is 12.1. The van der Waals surface area contributed by atoms with Crippen LogP contribution in [-0.2, 0) is 9.59 Å². The summed E-state index contributed by atoms with van der Waals surface area (Å²) in [6.45, 7) is 0. The molecular formula is C15H9N3O3S. The molecule has 4 rings (SSSR count). The predicted molar refractivity (Wildman–Crippen MR) is 81.5 cm³/mol. The van der Waals surface area contributed by atoms with Crippen LogP contribution in [0.5, 0.6) is 0 Å². The summed E-state index contributed by atoms with van der Waals surface area (Å²) in [6.07, 6.45) is 3.28. The van der Waals surface area contributed by atoms with Crippen molar-refractivity contribution in [3.05, 3.63) is 52.8 Å². The van der Waals surface area contributed by atoms with E-state index in [0.29, 0.717) is 11.3 Å². The number of carboxylic acids is 1. The van der Waals surface area contributed by atoms with Crippen LogP contribution in [0.2, 0.25) is 0 Å². The number of carbonyl (C=O) groups excluding carboxylic acids is 1. The Labute approximate surface area is 129 Å². The minimum absolute atomic E-state index is 0.0294. The highest BCUT2D eigenvalue weighted by Crippen LogP contribution is 2.44. The molecule has 0 spiro atoms. The molecule has 3 heterocycles. The van der Waals surface area contributed by atoms with Crippen LogP contribution < -0.4 is 0 Å². The number of hydrogen-bond acceptors (Lipinski definition) is 5. The molecule has 22 heavy (non-hydrogen) atoms. The molecule has 7 heteroatoms. The van der Waals surface area contributed by atoms with Gasteiger partial charge >= 0.3 is 5.97 Å². The lowest BCUT2D eigenvalue weighted by Gasteiger charge is -2.37. The fraction of sp³-hybridized carbons (Fsp3) is 0.0667. The summed E-state index contributed by atoms with van der Waals surface area (Å²) in [5.41, 5.74) is 2.70. The molecule has 2 aromatic rings. The van der Waals surface area contributed by atoms with Crippen LogP contribution >= 0.6 is 11.8 Å². The molecule has 1 saturated heterocycles. The molecule has 1 unspecified atom stereocenters. The first-order chi connectivity index (χ1) is 10.6. The van der Waals surface area contributed by atoms with Gasteiger partial charge < -0.3 is 5.11 Å². The van der Waals surface area contributed by atoms with E-state index in [4.69, 9.17) is 5.11 Å². The monoisotopic (exact) mass is 311 g/mol. The topological polar surface area (TPSA) is 83.4 Å². The second-order valence-corrected chi connectivity index (χ2v) is 5.81. The Bertz CT molecular complexity index is 890. The normalized spacial score (nSPS) is 21.7. The lowest BCUT2D eigenvalue weighted by molar-refractivity contribution is -0.141. The van der Waals surface area contributed by atoms with Crippen LogP contribution in [-0.4, -0.2) is 37.2 Å². The number of aliphatic carboxylic acids is 1. The third-order valence-corrected chi connectivity index (χ3v) is 4.61. The maximum atomic E-state index is 12.1. The van der Waals surface area contributed by atoms with E-state index in [0.717, 1.165) is 11.0 Å². The highest BCUT2D eigenvalue weighted by molar-refractivity contribution is 8.03.